The van der Waals surface area contributed by atoms with Crippen LogP contribution in [0.5, 0.6) is 0 Å². The molecule has 0 fully saturated rings. The Hall–Kier alpha value is -2.70. The Morgan fingerprint density at radius 1 is 1.14 bits per heavy atom. The molecular weight excluding hydrogens is 398 g/mol. The first-order valence-electron chi connectivity index (χ1n) is 8.54. The van der Waals surface area contributed by atoms with E-state index in [1.165, 1.54) is 6.26 Å². The van der Waals surface area contributed by atoms with Crippen LogP contribution in [-0.2, 0) is 4.74 Å². The molecule has 0 radical (unpaired) electrons. The van der Waals surface area contributed by atoms with Gasteiger partial charge < -0.3 is 14.5 Å². The van der Waals surface area contributed by atoms with Gasteiger partial charge in [-0.1, -0.05) is 17.7 Å². The SMILES string of the molecule is Cc1ccc(C(=O)OCCSc2ccc(Cl)cc2)cc1NC(=O)c1ccco1. The first kappa shape index (κ1) is 20.0. The molecule has 0 unspecified atom stereocenters. The first-order chi connectivity index (χ1) is 13.5. The number of benzene rings is 2. The number of nitrogens with one attached hydrogen (secondary N) is 1. The fraction of sp³-hybridized carbons (Fsp3) is 0.143. The van der Waals surface area contributed by atoms with E-state index >= 15 is 0 Å². The van der Waals surface area contributed by atoms with Crippen LogP contribution in [0.1, 0.15) is 26.5 Å². The van der Waals surface area contributed by atoms with E-state index in [1.54, 1.807) is 42.1 Å². The normalized spacial score (nSPS) is 10.5. The fourth-order valence-electron chi connectivity index (χ4n) is 2.38. The molecule has 0 saturated carbocycles. The highest BCUT2D eigenvalue weighted by Crippen LogP contribution is 2.21. The minimum Gasteiger partial charge on any atom is -0.461 e. The molecule has 0 aliphatic carbocycles. The number of carbonyl (C=O) groups is 2. The summed E-state index contributed by atoms with van der Waals surface area (Å²) < 4.78 is 10.4. The van der Waals surface area contributed by atoms with Crippen molar-refractivity contribution in [2.45, 2.75) is 11.8 Å². The second kappa shape index (κ2) is 9.48. The minimum atomic E-state index is -0.440. The molecule has 2 aromatic carbocycles. The third-order valence-electron chi connectivity index (χ3n) is 3.87. The Morgan fingerprint density at radius 2 is 1.93 bits per heavy atom. The molecule has 0 saturated heterocycles. The zero-order chi connectivity index (χ0) is 19.9. The number of thioether (sulfide) groups is 1. The molecule has 7 heteroatoms. The average Bonchev–Trinajstić information content (AvgIpc) is 3.23. The second-order valence-corrected chi connectivity index (χ2v) is 7.50. The van der Waals surface area contributed by atoms with E-state index in [0.29, 0.717) is 22.0 Å². The summed E-state index contributed by atoms with van der Waals surface area (Å²) in [7, 11) is 0. The zero-order valence-corrected chi connectivity index (χ0v) is 16.7. The number of hydrogen-bond acceptors (Lipinski definition) is 5. The number of carbonyl (C=O) groups excluding carboxylic acids is 2. The number of anilines is 1. The lowest BCUT2D eigenvalue weighted by molar-refractivity contribution is 0.0530. The summed E-state index contributed by atoms with van der Waals surface area (Å²) >= 11 is 7.43. The van der Waals surface area contributed by atoms with Gasteiger partial charge in [0, 0.05) is 21.4 Å². The van der Waals surface area contributed by atoms with Crippen molar-refractivity contribution in [3.8, 4) is 0 Å². The summed E-state index contributed by atoms with van der Waals surface area (Å²) in [4.78, 5) is 25.5. The Labute approximate surface area is 172 Å². The van der Waals surface area contributed by atoms with Gasteiger partial charge in [-0.2, -0.15) is 0 Å². The van der Waals surface area contributed by atoms with Crippen LogP contribution in [0.2, 0.25) is 5.02 Å². The van der Waals surface area contributed by atoms with Crippen LogP contribution in [0.15, 0.2) is 70.2 Å². The predicted molar refractivity (Wildman–Crippen MR) is 110 cm³/mol. The van der Waals surface area contributed by atoms with Gasteiger partial charge in [-0.05, 0) is 61.0 Å². The number of rotatable bonds is 7. The van der Waals surface area contributed by atoms with E-state index in [0.717, 1.165) is 10.5 Å². The van der Waals surface area contributed by atoms with Gasteiger partial charge in [0.2, 0.25) is 0 Å². The predicted octanol–water partition coefficient (Wildman–Crippen LogP) is 5.44. The van der Waals surface area contributed by atoms with Gasteiger partial charge in [-0.25, -0.2) is 4.79 Å². The topological polar surface area (TPSA) is 68.5 Å². The lowest BCUT2D eigenvalue weighted by Gasteiger charge is -2.10. The van der Waals surface area contributed by atoms with Gasteiger partial charge in [0.15, 0.2) is 5.76 Å². The van der Waals surface area contributed by atoms with Crippen molar-refractivity contribution >= 4 is 40.9 Å². The van der Waals surface area contributed by atoms with Crippen molar-refractivity contribution in [1.82, 2.24) is 0 Å². The molecule has 1 N–H and O–H groups in total. The van der Waals surface area contributed by atoms with Crippen LogP contribution >= 0.6 is 23.4 Å². The van der Waals surface area contributed by atoms with Gasteiger partial charge in [0.25, 0.3) is 5.91 Å². The fourth-order valence-corrected chi connectivity index (χ4v) is 3.24. The van der Waals surface area contributed by atoms with E-state index in [9.17, 15) is 9.59 Å². The minimum absolute atomic E-state index is 0.201. The lowest BCUT2D eigenvalue weighted by atomic mass is 10.1. The quantitative estimate of drug-likeness (QED) is 0.316. The number of hydrogen-bond donors (Lipinski definition) is 1. The average molecular weight is 416 g/mol. The van der Waals surface area contributed by atoms with E-state index in [-0.39, 0.29) is 18.3 Å². The van der Waals surface area contributed by atoms with E-state index in [4.69, 9.17) is 20.8 Å². The largest absolute Gasteiger partial charge is 0.461 e. The molecule has 3 aromatic rings. The van der Waals surface area contributed by atoms with Crippen molar-refractivity contribution in [3.05, 3.63) is 82.8 Å². The standard InChI is InChI=1S/C21H18ClNO4S/c1-14-4-5-15(13-18(14)23-20(24)19-3-2-10-26-19)21(25)27-11-12-28-17-8-6-16(22)7-9-17/h2-10,13H,11-12H2,1H3,(H,23,24). The third kappa shape index (κ3) is 5.41. The summed E-state index contributed by atoms with van der Waals surface area (Å²) in [5.74, 6) is 0.0104. The van der Waals surface area contributed by atoms with Crippen LogP contribution in [0.4, 0.5) is 5.69 Å². The maximum Gasteiger partial charge on any atom is 0.338 e. The molecule has 5 nitrogen and oxygen atoms in total. The van der Waals surface area contributed by atoms with Gasteiger partial charge >= 0.3 is 5.97 Å². The van der Waals surface area contributed by atoms with Gasteiger partial charge in [-0.15, -0.1) is 11.8 Å². The highest BCUT2D eigenvalue weighted by molar-refractivity contribution is 7.99. The lowest BCUT2D eigenvalue weighted by Crippen LogP contribution is -2.13. The van der Waals surface area contributed by atoms with Gasteiger partial charge in [0.05, 0.1) is 11.8 Å². The number of amides is 1. The van der Waals surface area contributed by atoms with Crippen molar-refractivity contribution in [2.24, 2.45) is 0 Å². The Kier molecular flexibility index (Phi) is 6.79. The molecule has 0 atom stereocenters. The van der Waals surface area contributed by atoms with Crippen LogP contribution in [-0.4, -0.2) is 24.2 Å². The third-order valence-corrected chi connectivity index (χ3v) is 5.09. The van der Waals surface area contributed by atoms with Crippen molar-refractivity contribution < 1.29 is 18.7 Å². The molecule has 28 heavy (non-hydrogen) atoms. The highest BCUT2D eigenvalue weighted by atomic mass is 35.5. The molecule has 1 aromatic heterocycles. The van der Waals surface area contributed by atoms with Crippen molar-refractivity contribution in [2.75, 3.05) is 17.7 Å². The Bertz CT molecular complexity index is 955. The number of aryl methyl sites for hydroxylation is 1. The molecule has 3 rings (SSSR count). The number of esters is 1. The second-order valence-electron chi connectivity index (χ2n) is 5.90. The monoisotopic (exact) mass is 415 g/mol. The molecular formula is C21H18ClNO4S. The van der Waals surface area contributed by atoms with Crippen LogP contribution in [0, 0.1) is 6.92 Å². The van der Waals surface area contributed by atoms with Crippen molar-refractivity contribution in [3.63, 3.8) is 0 Å². The highest BCUT2D eigenvalue weighted by Gasteiger charge is 2.13. The molecule has 144 valence electrons. The van der Waals surface area contributed by atoms with E-state index in [1.807, 2.05) is 31.2 Å². The molecule has 0 spiro atoms. The van der Waals surface area contributed by atoms with Crippen molar-refractivity contribution in [1.29, 1.82) is 0 Å². The smallest absolute Gasteiger partial charge is 0.338 e. The molecule has 1 amide bonds. The maximum atomic E-state index is 12.3. The van der Waals surface area contributed by atoms with E-state index < -0.39 is 5.97 Å². The Morgan fingerprint density at radius 3 is 2.64 bits per heavy atom. The zero-order valence-electron chi connectivity index (χ0n) is 15.1. The number of ether oxygens (including phenoxy) is 1. The summed E-state index contributed by atoms with van der Waals surface area (Å²) in [5.41, 5.74) is 1.73. The summed E-state index contributed by atoms with van der Waals surface area (Å²) in [5, 5.41) is 3.43. The van der Waals surface area contributed by atoms with Gasteiger partial charge in [0.1, 0.15) is 6.61 Å². The van der Waals surface area contributed by atoms with Crippen LogP contribution in [0.25, 0.3) is 0 Å². The summed E-state index contributed by atoms with van der Waals surface area (Å²) in [6.07, 6.45) is 1.43. The molecule has 1 heterocycles. The maximum absolute atomic E-state index is 12.3. The first-order valence-corrected chi connectivity index (χ1v) is 9.90. The number of halogens is 1. The van der Waals surface area contributed by atoms with Crippen LogP contribution < -0.4 is 5.32 Å². The molecule has 0 aliphatic heterocycles. The Balaban J connectivity index is 1.54. The van der Waals surface area contributed by atoms with Gasteiger partial charge in [-0.3, -0.25) is 4.79 Å². The van der Waals surface area contributed by atoms with E-state index in [2.05, 4.69) is 5.32 Å². The number of furan rings is 1. The molecule has 0 aliphatic rings. The summed E-state index contributed by atoms with van der Waals surface area (Å²) in [6, 6.07) is 15.7. The van der Waals surface area contributed by atoms with Crippen LogP contribution in [0.3, 0.4) is 0 Å². The molecule has 0 bridgehead atoms. The summed E-state index contributed by atoms with van der Waals surface area (Å²) in [6.45, 7) is 2.11.